The van der Waals surface area contributed by atoms with Gasteiger partial charge in [-0.2, -0.15) is 0 Å². The average molecular weight is 251 g/mol. The van der Waals surface area contributed by atoms with E-state index in [9.17, 15) is 0 Å². The van der Waals surface area contributed by atoms with Crippen molar-refractivity contribution in [3.63, 3.8) is 0 Å². The van der Waals surface area contributed by atoms with E-state index in [2.05, 4.69) is 63.1 Å². The molecule has 2 atom stereocenters. The molecule has 0 N–H and O–H groups in total. The Bertz CT molecular complexity index is 316. The molecule has 104 valence electrons. The molecule has 2 unspecified atom stereocenters. The van der Waals surface area contributed by atoms with Crippen LogP contribution in [0, 0.1) is 6.57 Å². The summed E-state index contributed by atoms with van der Waals surface area (Å²) in [6.45, 7) is 25.7. The van der Waals surface area contributed by atoms with E-state index in [1.165, 1.54) is 0 Å². The lowest BCUT2D eigenvalue weighted by atomic mass is 9.93. The van der Waals surface area contributed by atoms with Crippen molar-refractivity contribution in [3.05, 3.63) is 11.4 Å². The molecular formula is C15H29N3. The fraction of sp³-hybridized carbons (Fsp3) is 0.933. The van der Waals surface area contributed by atoms with Crippen LogP contribution in [0.4, 0.5) is 0 Å². The highest BCUT2D eigenvalue weighted by atomic mass is 15.4. The number of rotatable bonds is 1. The van der Waals surface area contributed by atoms with Crippen LogP contribution in [0.2, 0.25) is 0 Å². The van der Waals surface area contributed by atoms with E-state index in [1.807, 2.05) is 0 Å². The summed E-state index contributed by atoms with van der Waals surface area (Å²) in [5.41, 5.74) is 0.331. The van der Waals surface area contributed by atoms with Crippen LogP contribution in [0.15, 0.2) is 0 Å². The number of nitrogens with zero attached hydrogens (tertiary/aromatic N) is 3. The SMILES string of the molecule is [C-]#[N+]CC1CN(C(C)(C)C)C(C)CN1C(C)(C)C. The first-order valence-electron chi connectivity index (χ1n) is 6.94. The molecule has 0 aromatic rings. The van der Waals surface area contributed by atoms with Gasteiger partial charge in [0.1, 0.15) is 0 Å². The van der Waals surface area contributed by atoms with E-state index in [0.29, 0.717) is 18.6 Å². The molecule has 0 spiro atoms. The molecule has 0 saturated carbocycles. The molecule has 1 rings (SSSR count). The molecule has 0 aliphatic carbocycles. The van der Waals surface area contributed by atoms with Crippen molar-refractivity contribution in [1.82, 2.24) is 9.80 Å². The van der Waals surface area contributed by atoms with Crippen LogP contribution in [0.25, 0.3) is 4.85 Å². The number of hydrogen-bond donors (Lipinski definition) is 0. The number of piperazine rings is 1. The summed E-state index contributed by atoms with van der Waals surface area (Å²) in [4.78, 5) is 8.70. The fourth-order valence-corrected chi connectivity index (χ4v) is 3.06. The molecule has 1 fully saturated rings. The predicted octanol–water partition coefficient (Wildman–Crippen LogP) is 2.88. The predicted molar refractivity (Wildman–Crippen MR) is 77.6 cm³/mol. The molecule has 3 nitrogen and oxygen atoms in total. The van der Waals surface area contributed by atoms with E-state index in [0.717, 1.165) is 13.1 Å². The highest BCUT2D eigenvalue weighted by Crippen LogP contribution is 2.28. The summed E-state index contributed by atoms with van der Waals surface area (Å²) >= 11 is 0. The highest BCUT2D eigenvalue weighted by molar-refractivity contribution is 4.98. The van der Waals surface area contributed by atoms with Crippen LogP contribution in [0.3, 0.4) is 0 Å². The maximum atomic E-state index is 7.19. The summed E-state index contributed by atoms with van der Waals surface area (Å²) in [5.74, 6) is 0. The van der Waals surface area contributed by atoms with E-state index in [1.54, 1.807) is 0 Å². The fourth-order valence-electron chi connectivity index (χ4n) is 3.06. The molecule has 1 heterocycles. The van der Waals surface area contributed by atoms with E-state index >= 15 is 0 Å². The van der Waals surface area contributed by atoms with Crippen molar-refractivity contribution in [3.8, 4) is 0 Å². The van der Waals surface area contributed by atoms with E-state index in [4.69, 9.17) is 6.57 Å². The summed E-state index contributed by atoms with van der Waals surface area (Å²) < 4.78 is 0. The van der Waals surface area contributed by atoms with Crippen LogP contribution >= 0.6 is 0 Å². The van der Waals surface area contributed by atoms with Gasteiger partial charge in [-0.3, -0.25) is 9.80 Å². The quantitative estimate of drug-likeness (QED) is 0.664. The van der Waals surface area contributed by atoms with Crippen LogP contribution in [-0.2, 0) is 0 Å². The Kier molecular flexibility index (Phi) is 4.46. The molecule has 1 aliphatic heterocycles. The maximum absolute atomic E-state index is 7.19. The third-order valence-electron chi connectivity index (χ3n) is 3.87. The zero-order chi connectivity index (χ0) is 14.1. The average Bonchev–Trinajstić information content (AvgIpc) is 2.17. The minimum atomic E-state index is 0.146. The number of hydrogen-bond acceptors (Lipinski definition) is 2. The second kappa shape index (κ2) is 5.19. The molecule has 0 aromatic heterocycles. The highest BCUT2D eigenvalue weighted by Gasteiger charge is 2.41. The molecule has 3 heteroatoms. The van der Waals surface area contributed by atoms with Gasteiger partial charge in [0.05, 0.1) is 6.04 Å². The molecule has 1 saturated heterocycles. The molecule has 0 bridgehead atoms. The zero-order valence-corrected chi connectivity index (χ0v) is 13.1. The standard InChI is InChI=1S/C15H29N3/c1-12-10-18(15(5,6)7)13(9-16-8)11-17(12)14(2,3)4/h12-13H,9-11H2,1-7H3. The normalized spacial score (nSPS) is 28.1. The maximum Gasteiger partial charge on any atom is 0.231 e. The third kappa shape index (κ3) is 3.46. The zero-order valence-electron chi connectivity index (χ0n) is 13.1. The van der Waals surface area contributed by atoms with E-state index < -0.39 is 0 Å². The Morgan fingerprint density at radius 2 is 1.50 bits per heavy atom. The van der Waals surface area contributed by atoms with Gasteiger partial charge in [0.25, 0.3) is 0 Å². The van der Waals surface area contributed by atoms with E-state index in [-0.39, 0.29) is 11.1 Å². The van der Waals surface area contributed by atoms with Gasteiger partial charge in [-0.25, -0.2) is 6.57 Å². The van der Waals surface area contributed by atoms with Crippen molar-refractivity contribution >= 4 is 0 Å². The first kappa shape index (κ1) is 15.5. The van der Waals surface area contributed by atoms with Gasteiger partial charge >= 0.3 is 0 Å². The molecule has 1 aliphatic rings. The summed E-state index contributed by atoms with van der Waals surface area (Å²) in [5, 5.41) is 0. The largest absolute Gasteiger partial charge is 0.315 e. The Morgan fingerprint density at radius 3 is 1.89 bits per heavy atom. The van der Waals surface area contributed by atoms with Crippen molar-refractivity contribution in [2.45, 2.75) is 71.6 Å². The van der Waals surface area contributed by atoms with Gasteiger partial charge in [0, 0.05) is 30.2 Å². The second-order valence-electron chi connectivity index (χ2n) is 7.49. The lowest BCUT2D eigenvalue weighted by molar-refractivity contribution is -0.0478. The minimum absolute atomic E-state index is 0.146. The van der Waals surface area contributed by atoms with Crippen molar-refractivity contribution in [2.24, 2.45) is 0 Å². The van der Waals surface area contributed by atoms with Crippen LogP contribution in [0.1, 0.15) is 48.5 Å². The smallest absolute Gasteiger partial charge is 0.231 e. The first-order valence-corrected chi connectivity index (χ1v) is 6.94. The van der Waals surface area contributed by atoms with Crippen LogP contribution in [0.5, 0.6) is 0 Å². The summed E-state index contributed by atoms with van der Waals surface area (Å²) in [6, 6.07) is 0.907. The topological polar surface area (TPSA) is 10.8 Å². The summed E-state index contributed by atoms with van der Waals surface area (Å²) in [7, 11) is 0. The van der Waals surface area contributed by atoms with Crippen LogP contribution in [-0.4, -0.2) is 52.6 Å². The monoisotopic (exact) mass is 251 g/mol. The molecule has 0 amide bonds. The van der Waals surface area contributed by atoms with Gasteiger partial charge in [-0.1, -0.05) is 0 Å². The molecule has 0 aromatic carbocycles. The Morgan fingerprint density at radius 1 is 1.00 bits per heavy atom. The third-order valence-corrected chi connectivity index (χ3v) is 3.87. The van der Waals surface area contributed by atoms with Crippen molar-refractivity contribution < 1.29 is 0 Å². The first-order chi connectivity index (χ1) is 8.07. The van der Waals surface area contributed by atoms with Gasteiger partial charge < -0.3 is 4.85 Å². The Hall–Kier alpha value is -0.590. The van der Waals surface area contributed by atoms with Gasteiger partial charge in [-0.15, -0.1) is 0 Å². The minimum Gasteiger partial charge on any atom is -0.315 e. The lowest BCUT2D eigenvalue weighted by Crippen LogP contribution is -2.66. The Balaban J connectivity index is 2.92. The van der Waals surface area contributed by atoms with Crippen molar-refractivity contribution in [2.75, 3.05) is 19.6 Å². The lowest BCUT2D eigenvalue weighted by Gasteiger charge is -2.53. The molecular weight excluding hydrogens is 222 g/mol. The van der Waals surface area contributed by atoms with Gasteiger partial charge in [-0.05, 0) is 48.5 Å². The van der Waals surface area contributed by atoms with Crippen LogP contribution < -0.4 is 0 Å². The summed E-state index contributed by atoms with van der Waals surface area (Å²) in [6.07, 6.45) is 0. The Labute approximate surface area is 113 Å². The second-order valence-corrected chi connectivity index (χ2v) is 7.49. The van der Waals surface area contributed by atoms with Gasteiger partial charge in [0.15, 0.2) is 0 Å². The molecule has 0 radical (unpaired) electrons. The van der Waals surface area contributed by atoms with Gasteiger partial charge in [0.2, 0.25) is 6.54 Å². The van der Waals surface area contributed by atoms with Crippen molar-refractivity contribution in [1.29, 1.82) is 0 Å². The molecule has 18 heavy (non-hydrogen) atoms.